The molecular weight excluding hydrogens is 296 g/mol. The average molecular weight is 301 g/mol. The molecule has 2 aromatic heterocycles. The van der Waals surface area contributed by atoms with Gasteiger partial charge in [0.25, 0.3) is 5.19 Å². The molecule has 0 unspecified atom stereocenters. The van der Waals surface area contributed by atoms with Crippen molar-refractivity contribution >= 4 is 33.2 Å². The summed E-state index contributed by atoms with van der Waals surface area (Å²) in [5.41, 5.74) is -0.131. The van der Waals surface area contributed by atoms with Crippen molar-refractivity contribution in [3.05, 3.63) is 34.0 Å². The van der Waals surface area contributed by atoms with E-state index in [1.54, 1.807) is 11.4 Å². The quantitative estimate of drug-likeness (QED) is 0.943. The summed E-state index contributed by atoms with van der Waals surface area (Å²) in [5, 5.41) is 11.0. The van der Waals surface area contributed by atoms with Crippen molar-refractivity contribution in [1.82, 2.24) is 9.97 Å². The van der Waals surface area contributed by atoms with Crippen molar-refractivity contribution < 1.29 is 14.6 Å². The molecular formula is C9H5BrN2O3S. The minimum atomic E-state index is -1.13. The first-order valence-corrected chi connectivity index (χ1v) is 5.81. The zero-order valence-corrected chi connectivity index (χ0v) is 10.2. The molecule has 0 saturated carbocycles. The Morgan fingerprint density at radius 3 is 3.00 bits per heavy atom. The van der Waals surface area contributed by atoms with Crippen LogP contribution in [0.15, 0.2) is 28.3 Å². The van der Waals surface area contributed by atoms with Gasteiger partial charge in [-0.05, 0) is 28.1 Å². The van der Waals surface area contributed by atoms with Gasteiger partial charge < -0.3 is 9.84 Å². The predicted molar refractivity (Wildman–Crippen MR) is 61.1 cm³/mol. The van der Waals surface area contributed by atoms with Crippen molar-refractivity contribution in [3.63, 3.8) is 0 Å². The van der Waals surface area contributed by atoms with Gasteiger partial charge in [0, 0.05) is 11.6 Å². The molecule has 0 spiro atoms. The molecule has 0 radical (unpaired) electrons. The Morgan fingerprint density at radius 1 is 1.56 bits per heavy atom. The third-order valence-corrected chi connectivity index (χ3v) is 3.05. The van der Waals surface area contributed by atoms with Gasteiger partial charge in [-0.2, -0.15) is 4.98 Å². The first-order chi connectivity index (χ1) is 7.66. The zero-order chi connectivity index (χ0) is 11.5. The van der Waals surface area contributed by atoms with Crippen LogP contribution in [0.5, 0.6) is 10.9 Å². The molecule has 0 aliphatic rings. The molecule has 0 saturated heterocycles. The van der Waals surface area contributed by atoms with E-state index in [1.165, 1.54) is 23.6 Å². The molecule has 7 heteroatoms. The van der Waals surface area contributed by atoms with Gasteiger partial charge >= 0.3 is 5.97 Å². The Balaban J connectivity index is 2.31. The summed E-state index contributed by atoms with van der Waals surface area (Å²) in [6.07, 6.45) is 1.40. The SMILES string of the molecule is O=C(O)c1ncccc1Oc1nc(Br)cs1. The summed E-state index contributed by atoms with van der Waals surface area (Å²) in [6.45, 7) is 0. The predicted octanol–water partition coefficient (Wildman–Crippen LogP) is 2.79. The van der Waals surface area contributed by atoms with Crippen LogP contribution in [0.25, 0.3) is 0 Å². The van der Waals surface area contributed by atoms with E-state index in [2.05, 4.69) is 25.9 Å². The smallest absolute Gasteiger partial charge is 0.358 e. The van der Waals surface area contributed by atoms with Crippen LogP contribution in [0.2, 0.25) is 0 Å². The number of carboxylic acids is 1. The summed E-state index contributed by atoms with van der Waals surface area (Å²) >= 11 is 4.44. The average Bonchev–Trinajstić information content (AvgIpc) is 2.64. The fraction of sp³-hybridized carbons (Fsp3) is 0. The first kappa shape index (κ1) is 11.0. The van der Waals surface area contributed by atoms with Crippen LogP contribution in [-0.4, -0.2) is 21.0 Å². The summed E-state index contributed by atoms with van der Waals surface area (Å²) in [4.78, 5) is 18.6. The Hall–Kier alpha value is -1.47. The van der Waals surface area contributed by atoms with Gasteiger partial charge in [0.1, 0.15) is 4.60 Å². The van der Waals surface area contributed by atoms with Gasteiger partial charge in [-0.25, -0.2) is 9.78 Å². The number of halogens is 1. The largest absolute Gasteiger partial charge is 0.476 e. The van der Waals surface area contributed by atoms with E-state index in [4.69, 9.17) is 9.84 Å². The summed E-state index contributed by atoms with van der Waals surface area (Å²) in [6, 6.07) is 3.14. The van der Waals surface area contributed by atoms with E-state index in [0.29, 0.717) is 9.80 Å². The number of ether oxygens (including phenoxy) is 1. The maximum absolute atomic E-state index is 10.8. The Bertz CT molecular complexity index is 529. The maximum atomic E-state index is 10.8. The van der Waals surface area contributed by atoms with Gasteiger partial charge in [0.2, 0.25) is 0 Å². The van der Waals surface area contributed by atoms with Gasteiger partial charge in [0.15, 0.2) is 11.4 Å². The van der Waals surface area contributed by atoms with Crippen LogP contribution in [0.1, 0.15) is 10.5 Å². The number of carbonyl (C=O) groups is 1. The summed E-state index contributed by atoms with van der Waals surface area (Å²) in [5.74, 6) is -0.955. The molecule has 0 aliphatic carbocycles. The monoisotopic (exact) mass is 300 g/mol. The molecule has 2 heterocycles. The fourth-order valence-electron chi connectivity index (χ4n) is 1.01. The number of thiazole rings is 1. The van der Waals surface area contributed by atoms with Crippen molar-refractivity contribution in [3.8, 4) is 10.9 Å². The number of hydrogen-bond donors (Lipinski definition) is 1. The van der Waals surface area contributed by atoms with Gasteiger partial charge in [-0.3, -0.25) is 0 Å². The van der Waals surface area contributed by atoms with Crippen LogP contribution in [-0.2, 0) is 0 Å². The van der Waals surface area contributed by atoms with Crippen molar-refractivity contribution in [2.24, 2.45) is 0 Å². The number of carboxylic acid groups (broad SMARTS) is 1. The molecule has 0 aliphatic heterocycles. The molecule has 0 fully saturated rings. The zero-order valence-electron chi connectivity index (χ0n) is 7.75. The molecule has 0 atom stereocenters. The molecule has 82 valence electrons. The molecule has 0 bridgehead atoms. The third kappa shape index (κ3) is 2.37. The van der Waals surface area contributed by atoms with E-state index in [9.17, 15) is 4.79 Å². The third-order valence-electron chi connectivity index (χ3n) is 1.63. The Labute approximate surface area is 103 Å². The molecule has 0 aromatic carbocycles. The molecule has 2 rings (SSSR count). The first-order valence-electron chi connectivity index (χ1n) is 4.14. The van der Waals surface area contributed by atoms with Crippen LogP contribution in [0.3, 0.4) is 0 Å². The maximum Gasteiger partial charge on any atom is 0.358 e. The highest BCUT2D eigenvalue weighted by molar-refractivity contribution is 9.10. The van der Waals surface area contributed by atoms with Crippen LogP contribution in [0.4, 0.5) is 0 Å². The van der Waals surface area contributed by atoms with E-state index in [-0.39, 0.29) is 11.4 Å². The highest BCUT2D eigenvalue weighted by Gasteiger charge is 2.14. The van der Waals surface area contributed by atoms with E-state index in [0.717, 1.165) is 0 Å². The number of nitrogens with zero attached hydrogens (tertiary/aromatic N) is 2. The molecule has 1 N–H and O–H groups in total. The Morgan fingerprint density at radius 2 is 2.38 bits per heavy atom. The second kappa shape index (κ2) is 4.58. The highest BCUT2D eigenvalue weighted by atomic mass is 79.9. The number of aromatic carboxylic acids is 1. The number of rotatable bonds is 3. The van der Waals surface area contributed by atoms with E-state index >= 15 is 0 Å². The molecule has 2 aromatic rings. The van der Waals surface area contributed by atoms with E-state index in [1.807, 2.05) is 0 Å². The lowest BCUT2D eigenvalue weighted by Crippen LogP contribution is -2.02. The molecule has 0 amide bonds. The topological polar surface area (TPSA) is 72.3 Å². The van der Waals surface area contributed by atoms with Gasteiger partial charge in [-0.1, -0.05) is 11.3 Å². The standard InChI is InChI=1S/C9H5BrN2O3S/c10-6-4-16-9(12-6)15-5-2-1-3-11-7(5)8(13)14/h1-4H,(H,13,14). The van der Waals surface area contributed by atoms with Crippen LogP contribution < -0.4 is 4.74 Å². The number of hydrogen-bond acceptors (Lipinski definition) is 5. The molecule has 5 nitrogen and oxygen atoms in total. The van der Waals surface area contributed by atoms with Crippen LogP contribution >= 0.6 is 27.3 Å². The van der Waals surface area contributed by atoms with Gasteiger partial charge in [0.05, 0.1) is 0 Å². The fourth-order valence-corrected chi connectivity index (χ4v) is 2.11. The lowest BCUT2D eigenvalue weighted by atomic mass is 10.3. The number of pyridine rings is 1. The highest BCUT2D eigenvalue weighted by Crippen LogP contribution is 2.28. The van der Waals surface area contributed by atoms with Crippen molar-refractivity contribution in [1.29, 1.82) is 0 Å². The lowest BCUT2D eigenvalue weighted by Gasteiger charge is -2.03. The van der Waals surface area contributed by atoms with Crippen molar-refractivity contribution in [2.75, 3.05) is 0 Å². The van der Waals surface area contributed by atoms with Gasteiger partial charge in [-0.15, -0.1) is 0 Å². The van der Waals surface area contributed by atoms with Crippen LogP contribution in [0, 0.1) is 0 Å². The van der Waals surface area contributed by atoms with E-state index < -0.39 is 5.97 Å². The Kier molecular flexibility index (Phi) is 3.16. The molecule has 16 heavy (non-hydrogen) atoms. The van der Waals surface area contributed by atoms with Crippen molar-refractivity contribution in [2.45, 2.75) is 0 Å². The minimum Gasteiger partial charge on any atom is -0.476 e. The normalized spacial score (nSPS) is 10.1. The minimum absolute atomic E-state index is 0.131. The summed E-state index contributed by atoms with van der Waals surface area (Å²) in [7, 11) is 0. The summed E-state index contributed by atoms with van der Waals surface area (Å²) < 4.78 is 5.97. The second-order valence-electron chi connectivity index (χ2n) is 2.69. The number of aromatic nitrogens is 2. The lowest BCUT2D eigenvalue weighted by molar-refractivity contribution is 0.0687. The second-order valence-corrected chi connectivity index (χ2v) is 4.33.